The van der Waals surface area contributed by atoms with Crippen LogP contribution in [0.1, 0.15) is 17.5 Å². The second-order valence-electron chi connectivity index (χ2n) is 8.82. The highest BCUT2D eigenvalue weighted by molar-refractivity contribution is 5.76. The minimum Gasteiger partial charge on any atom is -0.495 e. The zero-order chi connectivity index (χ0) is 22.9. The molecule has 0 spiro atoms. The Hall–Kier alpha value is -3.08. The molecule has 5 rings (SSSR count). The number of nitrogens with one attached hydrogen (secondary N) is 1. The van der Waals surface area contributed by atoms with E-state index in [0.29, 0.717) is 37.7 Å². The van der Waals surface area contributed by atoms with Crippen molar-refractivity contribution in [3.63, 3.8) is 0 Å². The van der Waals surface area contributed by atoms with Crippen LogP contribution in [0.25, 0.3) is 11.0 Å². The Morgan fingerprint density at radius 2 is 2.15 bits per heavy atom. The molecule has 1 aromatic carbocycles. The molecule has 0 saturated carbocycles. The number of aromatic nitrogens is 4. The van der Waals surface area contributed by atoms with Crippen molar-refractivity contribution in [3.05, 3.63) is 35.7 Å². The molecule has 1 fully saturated rings. The van der Waals surface area contributed by atoms with E-state index in [1.54, 1.807) is 24.2 Å². The molecule has 2 aromatic heterocycles. The van der Waals surface area contributed by atoms with Crippen molar-refractivity contribution >= 4 is 29.0 Å². The summed E-state index contributed by atoms with van der Waals surface area (Å²) in [5, 5.41) is 19.0. The molecule has 2 aliphatic rings. The Kier molecular flexibility index (Phi) is 5.96. The Bertz CT molecular complexity index is 1160. The molecular formula is C23H29N7O3. The summed E-state index contributed by atoms with van der Waals surface area (Å²) in [4.78, 5) is 24.5. The Balaban J connectivity index is 1.42. The predicted molar refractivity (Wildman–Crippen MR) is 124 cm³/mol. The first-order chi connectivity index (χ1) is 16.1. The summed E-state index contributed by atoms with van der Waals surface area (Å²) in [5.41, 5.74) is 4.07. The van der Waals surface area contributed by atoms with Crippen LogP contribution in [0.4, 0.5) is 11.6 Å². The standard InChI is InChI=1S/C23H29N7O3/c1-28-5-3-15-10-21(33-2)18(9-16(15)13-28)26-23-24-11-17-12-25-30(22(17)27-23)14-19-20(32)4-6-29(19)7-8-31/h8-12,19-20,32H,3-7,13-14H2,1-2H3,(H,24,26,27)/t19-,20-/m0/s1. The van der Waals surface area contributed by atoms with Crippen LogP contribution in [0.15, 0.2) is 24.5 Å². The van der Waals surface area contributed by atoms with Crippen LogP contribution in [0.2, 0.25) is 0 Å². The summed E-state index contributed by atoms with van der Waals surface area (Å²) < 4.78 is 7.41. The SMILES string of the molecule is COc1cc2c(cc1Nc1ncc3cnn(C[C@H]4[C@@H](O)CCN4CC=O)c3n1)CN(C)CC2. The molecule has 0 unspecified atom stereocenters. The van der Waals surface area contributed by atoms with E-state index < -0.39 is 6.10 Å². The number of carbonyl (C=O) groups is 1. The van der Waals surface area contributed by atoms with Crippen LogP contribution in [0, 0.1) is 0 Å². The number of methoxy groups -OCH3 is 1. The minimum absolute atomic E-state index is 0.178. The van der Waals surface area contributed by atoms with Crippen LogP contribution in [0.5, 0.6) is 5.75 Å². The number of anilines is 2. The number of hydrogen-bond donors (Lipinski definition) is 2. The normalized spacial score (nSPS) is 21.3. The first kappa shape index (κ1) is 21.7. The van der Waals surface area contributed by atoms with Gasteiger partial charge < -0.3 is 24.9 Å². The highest BCUT2D eigenvalue weighted by Gasteiger charge is 2.33. The largest absolute Gasteiger partial charge is 0.495 e. The van der Waals surface area contributed by atoms with Crippen LogP contribution in [-0.4, -0.2) is 86.9 Å². The first-order valence-electron chi connectivity index (χ1n) is 11.3. The fourth-order valence-corrected chi connectivity index (χ4v) is 4.81. The quantitative estimate of drug-likeness (QED) is 0.512. The van der Waals surface area contributed by atoms with E-state index in [-0.39, 0.29) is 6.04 Å². The molecule has 2 atom stereocenters. The molecule has 3 aromatic rings. The molecule has 2 N–H and O–H groups in total. The summed E-state index contributed by atoms with van der Waals surface area (Å²) in [6.07, 6.45) is 5.48. The van der Waals surface area contributed by atoms with Crippen molar-refractivity contribution in [1.82, 2.24) is 29.5 Å². The van der Waals surface area contributed by atoms with Crippen molar-refractivity contribution in [2.75, 3.05) is 39.1 Å². The van der Waals surface area contributed by atoms with E-state index in [0.717, 1.165) is 42.6 Å². The molecule has 2 aliphatic heterocycles. The van der Waals surface area contributed by atoms with Gasteiger partial charge in [-0.05, 0) is 43.1 Å². The van der Waals surface area contributed by atoms with Gasteiger partial charge in [0, 0.05) is 25.8 Å². The van der Waals surface area contributed by atoms with E-state index in [1.165, 1.54) is 11.1 Å². The van der Waals surface area contributed by atoms with Gasteiger partial charge in [-0.3, -0.25) is 4.90 Å². The van der Waals surface area contributed by atoms with Gasteiger partial charge in [0.15, 0.2) is 5.65 Å². The third-order valence-corrected chi connectivity index (χ3v) is 6.64. The zero-order valence-corrected chi connectivity index (χ0v) is 18.9. The molecule has 4 heterocycles. The molecule has 0 bridgehead atoms. The first-order valence-corrected chi connectivity index (χ1v) is 11.3. The smallest absolute Gasteiger partial charge is 0.229 e. The highest BCUT2D eigenvalue weighted by Crippen LogP contribution is 2.33. The molecule has 1 saturated heterocycles. The second kappa shape index (κ2) is 9.05. The number of aliphatic hydroxyl groups is 1. The molecule has 33 heavy (non-hydrogen) atoms. The predicted octanol–water partition coefficient (Wildman–Crippen LogP) is 1.20. The second-order valence-corrected chi connectivity index (χ2v) is 8.82. The Labute approximate surface area is 192 Å². The number of fused-ring (bicyclic) bond motifs is 2. The number of nitrogens with zero attached hydrogens (tertiary/aromatic N) is 6. The fourth-order valence-electron chi connectivity index (χ4n) is 4.81. The number of likely N-dealkylation sites (tertiary alicyclic amines) is 1. The molecular weight excluding hydrogens is 422 g/mol. The number of ether oxygens (including phenoxy) is 1. The Morgan fingerprint density at radius 1 is 1.27 bits per heavy atom. The maximum absolute atomic E-state index is 11.0. The summed E-state index contributed by atoms with van der Waals surface area (Å²) >= 11 is 0. The van der Waals surface area contributed by atoms with E-state index in [4.69, 9.17) is 9.72 Å². The number of rotatable bonds is 7. The number of likely N-dealkylation sites (N-methyl/N-ethyl adjacent to an activating group) is 1. The number of hydrogen-bond acceptors (Lipinski definition) is 9. The average Bonchev–Trinajstić information content (AvgIpc) is 3.37. The third kappa shape index (κ3) is 4.29. The summed E-state index contributed by atoms with van der Waals surface area (Å²) in [7, 11) is 3.79. The third-order valence-electron chi connectivity index (χ3n) is 6.64. The molecule has 0 amide bonds. The van der Waals surface area contributed by atoms with E-state index >= 15 is 0 Å². The van der Waals surface area contributed by atoms with Gasteiger partial charge in [0.1, 0.15) is 12.0 Å². The lowest BCUT2D eigenvalue weighted by Crippen LogP contribution is -2.39. The number of carbonyl (C=O) groups excluding carboxylic acids is 1. The Morgan fingerprint density at radius 3 is 2.97 bits per heavy atom. The van der Waals surface area contributed by atoms with Crippen LogP contribution in [0.3, 0.4) is 0 Å². The van der Waals surface area contributed by atoms with Gasteiger partial charge in [-0.25, -0.2) is 9.67 Å². The van der Waals surface area contributed by atoms with Crippen LogP contribution in [-0.2, 0) is 24.3 Å². The van der Waals surface area contributed by atoms with Crippen molar-refractivity contribution in [2.45, 2.75) is 38.1 Å². The van der Waals surface area contributed by atoms with Gasteiger partial charge in [-0.2, -0.15) is 10.1 Å². The molecule has 0 radical (unpaired) electrons. The summed E-state index contributed by atoms with van der Waals surface area (Å²) in [5.74, 6) is 1.21. The van der Waals surface area contributed by atoms with Gasteiger partial charge >= 0.3 is 0 Å². The molecule has 0 aliphatic carbocycles. The van der Waals surface area contributed by atoms with Gasteiger partial charge in [-0.15, -0.1) is 0 Å². The van der Waals surface area contributed by atoms with Crippen molar-refractivity contribution in [1.29, 1.82) is 0 Å². The van der Waals surface area contributed by atoms with Crippen LogP contribution < -0.4 is 10.1 Å². The van der Waals surface area contributed by atoms with E-state index in [2.05, 4.69) is 39.5 Å². The molecule has 174 valence electrons. The molecule has 10 heteroatoms. The summed E-state index contributed by atoms with van der Waals surface area (Å²) in [6.45, 7) is 3.37. The number of aliphatic hydroxyl groups excluding tert-OH is 1. The average molecular weight is 452 g/mol. The fraction of sp³-hybridized carbons (Fsp3) is 0.478. The van der Waals surface area contributed by atoms with Crippen molar-refractivity contribution in [3.8, 4) is 5.75 Å². The van der Waals surface area contributed by atoms with E-state index in [1.807, 2.05) is 4.90 Å². The number of aldehydes is 1. The van der Waals surface area contributed by atoms with Crippen molar-refractivity contribution < 1.29 is 14.6 Å². The van der Waals surface area contributed by atoms with Gasteiger partial charge in [0.2, 0.25) is 5.95 Å². The van der Waals surface area contributed by atoms with Crippen LogP contribution >= 0.6 is 0 Å². The zero-order valence-electron chi connectivity index (χ0n) is 18.9. The monoisotopic (exact) mass is 451 g/mol. The van der Waals surface area contributed by atoms with Crippen molar-refractivity contribution in [2.24, 2.45) is 0 Å². The van der Waals surface area contributed by atoms with E-state index in [9.17, 15) is 9.90 Å². The van der Waals surface area contributed by atoms with Gasteiger partial charge in [0.25, 0.3) is 0 Å². The maximum atomic E-state index is 11.0. The lowest BCUT2D eigenvalue weighted by atomic mass is 9.99. The minimum atomic E-state index is -0.499. The molecule has 10 nitrogen and oxygen atoms in total. The van der Waals surface area contributed by atoms with Gasteiger partial charge in [0.05, 0.1) is 49.6 Å². The lowest BCUT2D eigenvalue weighted by Gasteiger charge is -2.26. The topological polar surface area (TPSA) is 109 Å². The lowest BCUT2D eigenvalue weighted by molar-refractivity contribution is -0.109. The number of benzene rings is 1. The maximum Gasteiger partial charge on any atom is 0.229 e. The summed E-state index contributed by atoms with van der Waals surface area (Å²) in [6, 6.07) is 4.03. The van der Waals surface area contributed by atoms with Gasteiger partial charge in [-0.1, -0.05) is 0 Å². The highest BCUT2D eigenvalue weighted by atomic mass is 16.5.